The van der Waals surface area contributed by atoms with Crippen molar-refractivity contribution in [2.45, 2.75) is 23.4 Å². The molecule has 0 aromatic carbocycles. The molecule has 0 saturated heterocycles. The number of thioether (sulfide) groups is 1. The van der Waals surface area contributed by atoms with E-state index in [0.717, 1.165) is 9.35 Å². The average molecular weight is 226 g/mol. The van der Waals surface area contributed by atoms with E-state index in [0.29, 0.717) is 11.8 Å². The molecule has 0 aliphatic heterocycles. The van der Waals surface area contributed by atoms with Gasteiger partial charge < -0.3 is 5.73 Å². The normalized spacial score (nSPS) is 12.2. The third-order valence-corrected chi connectivity index (χ3v) is 3.19. The summed E-state index contributed by atoms with van der Waals surface area (Å²) in [4.78, 5) is 0. The Labute approximate surface area is 86.6 Å². The molecule has 0 aliphatic rings. The maximum atomic E-state index is 5.46. The van der Waals surface area contributed by atoms with E-state index in [1.807, 2.05) is 6.92 Å². The highest BCUT2D eigenvalue weighted by Gasteiger charge is 2.05. The molecule has 1 aromatic rings. The number of rotatable bonds is 3. The fourth-order valence-corrected chi connectivity index (χ4v) is 2.54. The van der Waals surface area contributed by atoms with Crippen molar-refractivity contribution in [2.24, 2.45) is 5.73 Å². The Balaban J connectivity index is 0.00000121. The van der Waals surface area contributed by atoms with E-state index in [-0.39, 0.29) is 12.4 Å². The first-order chi connectivity index (χ1) is 5.22. The lowest BCUT2D eigenvalue weighted by atomic mass is 10.5. The minimum absolute atomic E-state index is 0. The Bertz CT molecular complexity index is 228. The Morgan fingerprint density at radius 1 is 1.58 bits per heavy atom. The smallest absolute Gasteiger partial charge is 0.174 e. The van der Waals surface area contributed by atoms with Crippen LogP contribution in [0.3, 0.4) is 0 Å². The number of nitrogens with zero attached hydrogens (tertiary/aromatic N) is 2. The van der Waals surface area contributed by atoms with Gasteiger partial charge in [-0.05, 0) is 6.92 Å². The Morgan fingerprint density at radius 2 is 2.25 bits per heavy atom. The predicted molar refractivity (Wildman–Crippen MR) is 56.3 cm³/mol. The van der Waals surface area contributed by atoms with Gasteiger partial charge in [0.2, 0.25) is 0 Å². The van der Waals surface area contributed by atoms with Crippen LogP contribution in [0.4, 0.5) is 0 Å². The number of aromatic nitrogens is 2. The molecule has 3 nitrogen and oxygen atoms in total. The number of nitrogens with two attached hydrogens (primary N) is 1. The summed E-state index contributed by atoms with van der Waals surface area (Å²) >= 11 is 3.30. The van der Waals surface area contributed by atoms with Crippen LogP contribution in [-0.4, -0.2) is 22.0 Å². The molecule has 0 amide bonds. The molecule has 1 heterocycles. The standard InChI is InChI=1S/C6H11N3S2.ClH/c1-4(3-7)10-6-9-8-5(2)11-6;/h4H,3,7H2,1-2H3;1H. The van der Waals surface area contributed by atoms with Crippen molar-refractivity contribution >= 4 is 35.5 Å². The molecule has 0 fully saturated rings. The second-order valence-electron chi connectivity index (χ2n) is 2.25. The van der Waals surface area contributed by atoms with Crippen LogP contribution in [0.15, 0.2) is 4.34 Å². The van der Waals surface area contributed by atoms with Crippen molar-refractivity contribution in [1.82, 2.24) is 10.2 Å². The highest BCUT2D eigenvalue weighted by Crippen LogP contribution is 2.25. The van der Waals surface area contributed by atoms with Crippen molar-refractivity contribution in [3.8, 4) is 0 Å². The highest BCUT2D eigenvalue weighted by atomic mass is 35.5. The van der Waals surface area contributed by atoms with Crippen LogP contribution in [0.5, 0.6) is 0 Å². The monoisotopic (exact) mass is 225 g/mol. The molecular formula is C6H12ClN3S2. The second-order valence-corrected chi connectivity index (χ2v) is 5.12. The van der Waals surface area contributed by atoms with E-state index < -0.39 is 0 Å². The van der Waals surface area contributed by atoms with Crippen LogP contribution < -0.4 is 5.73 Å². The fraction of sp³-hybridized carbons (Fsp3) is 0.667. The van der Waals surface area contributed by atoms with E-state index >= 15 is 0 Å². The van der Waals surface area contributed by atoms with Gasteiger partial charge in [-0.15, -0.1) is 22.6 Å². The third kappa shape index (κ3) is 3.71. The van der Waals surface area contributed by atoms with Crippen LogP contribution in [0.2, 0.25) is 0 Å². The topological polar surface area (TPSA) is 51.8 Å². The lowest BCUT2D eigenvalue weighted by Gasteiger charge is -2.02. The minimum Gasteiger partial charge on any atom is -0.329 e. The first-order valence-corrected chi connectivity index (χ1v) is 5.09. The van der Waals surface area contributed by atoms with E-state index in [9.17, 15) is 0 Å². The summed E-state index contributed by atoms with van der Waals surface area (Å²) in [5.41, 5.74) is 5.46. The van der Waals surface area contributed by atoms with Gasteiger partial charge in [-0.1, -0.05) is 30.0 Å². The van der Waals surface area contributed by atoms with Gasteiger partial charge in [0, 0.05) is 11.8 Å². The van der Waals surface area contributed by atoms with Crippen LogP contribution in [0, 0.1) is 6.92 Å². The lowest BCUT2D eigenvalue weighted by Crippen LogP contribution is -2.11. The largest absolute Gasteiger partial charge is 0.329 e. The lowest BCUT2D eigenvalue weighted by molar-refractivity contribution is 0.936. The summed E-state index contributed by atoms with van der Waals surface area (Å²) in [7, 11) is 0. The van der Waals surface area contributed by atoms with Crippen molar-refractivity contribution in [3.05, 3.63) is 5.01 Å². The molecule has 0 radical (unpaired) electrons. The fourth-order valence-electron chi connectivity index (χ4n) is 0.546. The van der Waals surface area contributed by atoms with Gasteiger partial charge in [0.15, 0.2) is 4.34 Å². The van der Waals surface area contributed by atoms with Gasteiger partial charge in [0.25, 0.3) is 0 Å². The summed E-state index contributed by atoms with van der Waals surface area (Å²) in [5.74, 6) is 0. The van der Waals surface area contributed by atoms with Gasteiger partial charge in [-0.2, -0.15) is 0 Å². The van der Waals surface area contributed by atoms with E-state index in [2.05, 4.69) is 17.1 Å². The molecule has 0 bridgehead atoms. The summed E-state index contributed by atoms with van der Waals surface area (Å²) in [5, 5.41) is 9.33. The zero-order chi connectivity index (χ0) is 8.27. The molecule has 0 spiro atoms. The van der Waals surface area contributed by atoms with Crippen molar-refractivity contribution < 1.29 is 0 Å². The van der Waals surface area contributed by atoms with E-state index in [1.54, 1.807) is 23.1 Å². The third-order valence-electron chi connectivity index (χ3n) is 1.14. The molecule has 1 aromatic heterocycles. The first kappa shape index (κ1) is 12.2. The summed E-state index contributed by atoms with van der Waals surface area (Å²) in [6.07, 6.45) is 0. The van der Waals surface area contributed by atoms with Gasteiger partial charge in [-0.3, -0.25) is 0 Å². The summed E-state index contributed by atoms with van der Waals surface area (Å²) in [6, 6.07) is 0. The maximum Gasteiger partial charge on any atom is 0.174 e. The molecule has 0 aliphatic carbocycles. The van der Waals surface area contributed by atoms with Crippen molar-refractivity contribution in [1.29, 1.82) is 0 Å². The maximum absolute atomic E-state index is 5.46. The number of halogens is 1. The van der Waals surface area contributed by atoms with Crippen LogP contribution >= 0.6 is 35.5 Å². The second kappa shape index (κ2) is 5.75. The first-order valence-electron chi connectivity index (χ1n) is 3.39. The Kier molecular flexibility index (Phi) is 5.82. The van der Waals surface area contributed by atoms with E-state index in [4.69, 9.17) is 5.73 Å². The minimum atomic E-state index is 0. The molecule has 1 unspecified atom stereocenters. The predicted octanol–water partition coefficient (Wildman–Crippen LogP) is 1.71. The zero-order valence-corrected chi connectivity index (χ0v) is 9.43. The molecule has 12 heavy (non-hydrogen) atoms. The number of hydrogen-bond acceptors (Lipinski definition) is 5. The van der Waals surface area contributed by atoms with Gasteiger partial charge in [0.1, 0.15) is 5.01 Å². The highest BCUT2D eigenvalue weighted by molar-refractivity contribution is 8.01. The Hall–Kier alpha value is 0.160. The summed E-state index contributed by atoms with van der Waals surface area (Å²) < 4.78 is 1.01. The van der Waals surface area contributed by atoms with Crippen molar-refractivity contribution in [3.63, 3.8) is 0 Å². The summed E-state index contributed by atoms with van der Waals surface area (Å²) in [6.45, 7) is 4.72. The van der Waals surface area contributed by atoms with Crippen LogP contribution in [0.1, 0.15) is 11.9 Å². The number of aryl methyl sites for hydroxylation is 1. The molecule has 1 atom stereocenters. The van der Waals surface area contributed by atoms with Gasteiger partial charge in [-0.25, -0.2) is 0 Å². The molecule has 70 valence electrons. The van der Waals surface area contributed by atoms with E-state index in [1.165, 1.54) is 0 Å². The molecular weight excluding hydrogens is 214 g/mol. The van der Waals surface area contributed by atoms with Gasteiger partial charge in [0.05, 0.1) is 0 Å². The quantitative estimate of drug-likeness (QED) is 0.796. The SMILES string of the molecule is Cc1nnc(SC(C)CN)s1.Cl. The van der Waals surface area contributed by atoms with Gasteiger partial charge >= 0.3 is 0 Å². The number of hydrogen-bond donors (Lipinski definition) is 1. The van der Waals surface area contributed by atoms with Crippen molar-refractivity contribution in [2.75, 3.05) is 6.54 Å². The molecule has 1 rings (SSSR count). The molecule has 6 heteroatoms. The van der Waals surface area contributed by atoms with Crippen LogP contribution in [-0.2, 0) is 0 Å². The Morgan fingerprint density at radius 3 is 2.67 bits per heavy atom. The molecule has 2 N–H and O–H groups in total. The average Bonchev–Trinajstić information content (AvgIpc) is 2.35. The molecule has 0 saturated carbocycles. The van der Waals surface area contributed by atoms with Crippen LogP contribution in [0.25, 0.3) is 0 Å². The zero-order valence-electron chi connectivity index (χ0n) is 6.98.